The van der Waals surface area contributed by atoms with E-state index in [0.29, 0.717) is 0 Å². The van der Waals surface area contributed by atoms with Gasteiger partial charge in [-0.15, -0.1) is 0 Å². The highest BCUT2D eigenvalue weighted by atomic mass is 15.0. The van der Waals surface area contributed by atoms with Crippen LogP contribution in [0.1, 0.15) is 29.9 Å². The molecular weight excluding hydrogens is 212 g/mol. The molecule has 0 aliphatic rings. The first-order valence-electron chi connectivity index (χ1n) is 5.63. The maximum atomic E-state index is 4.34. The van der Waals surface area contributed by atoms with Crippen molar-refractivity contribution in [3.63, 3.8) is 0 Å². The zero-order valence-electron chi connectivity index (χ0n) is 10.3. The van der Waals surface area contributed by atoms with Crippen LogP contribution >= 0.6 is 0 Å². The van der Waals surface area contributed by atoms with E-state index in [1.54, 1.807) is 18.6 Å². The second-order valence-corrected chi connectivity index (χ2v) is 4.11. The fourth-order valence-electron chi connectivity index (χ4n) is 1.75. The molecule has 0 aromatic carbocycles. The molecule has 2 heterocycles. The third kappa shape index (κ3) is 2.78. The van der Waals surface area contributed by atoms with Crippen molar-refractivity contribution in [2.45, 2.75) is 26.8 Å². The van der Waals surface area contributed by atoms with Gasteiger partial charge in [-0.2, -0.15) is 0 Å². The van der Waals surface area contributed by atoms with E-state index in [0.717, 1.165) is 17.2 Å². The van der Waals surface area contributed by atoms with Gasteiger partial charge in [-0.05, 0) is 38.5 Å². The molecule has 0 radical (unpaired) electrons. The van der Waals surface area contributed by atoms with Gasteiger partial charge >= 0.3 is 0 Å². The average molecular weight is 228 g/mol. The Morgan fingerprint density at radius 1 is 1.06 bits per heavy atom. The Hall–Kier alpha value is -1.97. The van der Waals surface area contributed by atoms with E-state index < -0.39 is 0 Å². The van der Waals surface area contributed by atoms with Crippen LogP contribution in [0.15, 0.2) is 30.7 Å². The molecule has 0 saturated carbocycles. The predicted octanol–water partition coefficient (Wildman–Crippen LogP) is 2.66. The number of rotatable bonds is 3. The van der Waals surface area contributed by atoms with Gasteiger partial charge in [-0.1, -0.05) is 0 Å². The highest BCUT2D eigenvalue weighted by Crippen LogP contribution is 2.17. The first-order chi connectivity index (χ1) is 8.16. The largest absolute Gasteiger partial charge is 0.362 e. The maximum absolute atomic E-state index is 4.34. The van der Waals surface area contributed by atoms with Crippen LogP contribution in [0.2, 0.25) is 0 Å². The Labute approximate surface area is 101 Å². The van der Waals surface area contributed by atoms with Crippen LogP contribution in [-0.2, 0) is 0 Å². The molecule has 2 aromatic heterocycles. The first kappa shape index (κ1) is 11.5. The van der Waals surface area contributed by atoms with Gasteiger partial charge in [0.1, 0.15) is 5.82 Å². The fraction of sp³-hybridized carbons (Fsp3) is 0.308. The summed E-state index contributed by atoms with van der Waals surface area (Å²) in [6.07, 6.45) is 5.22. The monoisotopic (exact) mass is 228 g/mol. The van der Waals surface area contributed by atoms with E-state index in [2.05, 4.69) is 27.2 Å². The van der Waals surface area contributed by atoms with Crippen LogP contribution in [0, 0.1) is 13.8 Å². The molecule has 88 valence electrons. The van der Waals surface area contributed by atoms with Crippen molar-refractivity contribution >= 4 is 5.82 Å². The number of nitrogens with one attached hydrogen (secondary N) is 1. The molecule has 0 unspecified atom stereocenters. The lowest BCUT2D eigenvalue weighted by Crippen LogP contribution is -2.11. The van der Waals surface area contributed by atoms with Gasteiger partial charge in [-0.3, -0.25) is 9.97 Å². The Bertz CT molecular complexity index is 510. The van der Waals surface area contributed by atoms with Crippen molar-refractivity contribution in [2.24, 2.45) is 0 Å². The van der Waals surface area contributed by atoms with Crippen molar-refractivity contribution in [2.75, 3.05) is 5.32 Å². The van der Waals surface area contributed by atoms with Crippen LogP contribution in [0.3, 0.4) is 0 Å². The van der Waals surface area contributed by atoms with Crippen molar-refractivity contribution < 1.29 is 0 Å². The standard InChI is InChI=1S/C13H16N4/c1-9-4-5-15-12(8-9)17-11(3)13-10(2)14-6-7-16-13/h4-8,11H,1-3H3,(H,15,17)/t11-/m0/s1. The van der Waals surface area contributed by atoms with Gasteiger partial charge in [0.15, 0.2) is 0 Å². The second kappa shape index (κ2) is 4.91. The molecule has 0 aliphatic carbocycles. The normalized spacial score (nSPS) is 12.2. The van der Waals surface area contributed by atoms with Crippen molar-refractivity contribution in [1.29, 1.82) is 0 Å². The van der Waals surface area contributed by atoms with Gasteiger partial charge in [0, 0.05) is 18.6 Å². The minimum absolute atomic E-state index is 0.0954. The number of nitrogens with zero attached hydrogens (tertiary/aromatic N) is 3. The highest BCUT2D eigenvalue weighted by Gasteiger charge is 2.10. The minimum atomic E-state index is 0.0954. The Morgan fingerprint density at radius 2 is 1.82 bits per heavy atom. The molecule has 0 amide bonds. The number of pyridine rings is 1. The summed E-state index contributed by atoms with van der Waals surface area (Å²) in [5.41, 5.74) is 3.08. The maximum Gasteiger partial charge on any atom is 0.126 e. The summed E-state index contributed by atoms with van der Waals surface area (Å²) in [6.45, 7) is 6.07. The SMILES string of the molecule is Cc1ccnc(N[C@@H](C)c2nccnc2C)c1. The van der Waals surface area contributed by atoms with Crippen LogP contribution in [0.4, 0.5) is 5.82 Å². The molecule has 0 aliphatic heterocycles. The molecule has 4 heteroatoms. The van der Waals surface area contributed by atoms with Crippen LogP contribution < -0.4 is 5.32 Å². The molecular formula is C13H16N4. The highest BCUT2D eigenvalue weighted by molar-refractivity contribution is 5.39. The zero-order chi connectivity index (χ0) is 12.3. The molecule has 2 rings (SSSR count). The smallest absolute Gasteiger partial charge is 0.126 e. The Morgan fingerprint density at radius 3 is 2.53 bits per heavy atom. The second-order valence-electron chi connectivity index (χ2n) is 4.11. The summed E-state index contributed by atoms with van der Waals surface area (Å²) in [6, 6.07) is 4.09. The van der Waals surface area contributed by atoms with E-state index in [-0.39, 0.29) is 6.04 Å². The molecule has 0 fully saturated rings. The summed E-state index contributed by atoms with van der Waals surface area (Å²) in [4.78, 5) is 12.9. The van der Waals surface area contributed by atoms with Crippen LogP contribution in [0.25, 0.3) is 0 Å². The molecule has 0 spiro atoms. The molecule has 0 bridgehead atoms. The van der Waals surface area contributed by atoms with Gasteiger partial charge < -0.3 is 5.32 Å². The van der Waals surface area contributed by atoms with Gasteiger partial charge in [0.25, 0.3) is 0 Å². The topological polar surface area (TPSA) is 50.7 Å². The van der Waals surface area contributed by atoms with E-state index in [1.165, 1.54) is 5.56 Å². The third-order valence-electron chi connectivity index (χ3n) is 2.61. The van der Waals surface area contributed by atoms with Crippen LogP contribution in [0.5, 0.6) is 0 Å². The van der Waals surface area contributed by atoms with Gasteiger partial charge in [0.2, 0.25) is 0 Å². The van der Waals surface area contributed by atoms with Crippen LogP contribution in [-0.4, -0.2) is 15.0 Å². The lowest BCUT2D eigenvalue weighted by molar-refractivity contribution is 0.804. The van der Waals surface area contributed by atoms with E-state index in [4.69, 9.17) is 0 Å². The molecule has 4 nitrogen and oxygen atoms in total. The predicted molar refractivity (Wildman–Crippen MR) is 67.8 cm³/mol. The number of aryl methyl sites for hydroxylation is 2. The summed E-state index contributed by atoms with van der Waals surface area (Å²) in [5.74, 6) is 0.863. The number of hydrogen-bond acceptors (Lipinski definition) is 4. The first-order valence-corrected chi connectivity index (χ1v) is 5.63. The number of aromatic nitrogens is 3. The van der Waals surface area contributed by atoms with E-state index in [1.807, 2.05) is 26.0 Å². The molecule has 1 N–H and O–H groups in total. The zero-order valence-corrected chi connectivity index (χ0v) is 10.3. The number of hydrogen-bond donors (Lipinski definition) is 1. The lowest BCUT2D eigenvalue weighted by Gasteiger charge is -2.15. The summed E-state index contributed by atoms with van der Waals surface area (Å²) < 4.78 is 0. The lowest BCUT2D eigenvalue weighted by atomic mass is 10.2. The fourth-order valence-corrected chi connectivity index (χ4v) is 1.75. The number of anilines is 1. The summed E-state index contributed by atoms with van der Waals surface area (Å²) >= 11 is 0. The summed E-state index contributed by atoms with van der Waals surface area (Å²) in [7, 11) is 0. The third-order valence-corrected chi connectivity index (χ3v) is 2.61. The molecule has 2 aromatic rings. The quantitative estimate of drug-likeness (QED) is 0.877. The van der Waals surface area contributed by atoms with E-state index in [9.17, 15) is 0 Å². The average Bonchev–Trinajstić information content (AvgIpc) is 2.29. The molecule has 17 heavy (non-hydrogen) atoms. The molecule has 1 atom stereocenters. The van der Waals surface area contributed by atoms with Crippen molar-refractivity contribution in [1.82, 2.24) is 15.0 Å². The Balaban J connectivity index is 2.17. The van der Waals surface area contributed by atoms with Gasteiger partial charge in [-0.25, -0.2) is 4.98 Å². The Kier molecular flexibility index (Phi) is 3.32. The summed E-state index contributed by atoms with van der Waals surface area (Å²) in [5, 5.41) is 3.33. The molecule has 0 saturated heterocycles. The minimum Gasteiger partial charge on any atom is -0.362 e. The van der Waals surface area contributed by atoms with E-state index >= 15 is 0 Å². The van der Waals surface area contributed by atoms with Gasteiger partial charge in [0.05, 0.1) is 17.4 Å². The van der Waals surface area contributed by atoms with Crippen molar-refractivity contribution in [3.8, 4) is 0 Å². The van der Waals surface area contributed by atoms with Crippen molar-refractivity contribution in [3.05, 3.63) is 47.7 Å².